The van der Waals surface area contributed by atoms with Crippen LogP contribution in [0.1, 0.15) is 29.4 Å². The molecule has 0 radical (unpaired) electrons. The molecule has 136 valence electrons. The smallest absolute Gasteiger partial charge is 0.343 e. The van der Waals surface area contributed by atoms with Crippen molar-refractivity contribution in [3.8, 4) is 0 Å². The Morgan fingerprint density at radius 2 is 2.36 bits per heavy atom. The number of ether oxygens (including phenoxy) is 1. The first-order valence-corrected chi connectivity index (χ1v) is 8.35. The molecule has 1 fully saturated rings. The molecule has 3 N–H and O–H groups in total. The van der Waals surface area contributed by atoms with Crippen molar-refractivity contribution in [2.24, 2.45) is 0 Å². The largest absolute Gasteiger partial charge is 0.462 e. The lowest BCUT2D eigenvalue weighted by atomic mass is 10.2. The average molecular weight is 349 g/mol. The van der Waals surface area contributed by atoms with Gasteiger partial charge in [0.25, 0.3) is 5.56 Å². The Kier molecular flexibility index (Phi) is 5.16. The van der Waals surface area contributed by atoms with Gasteiger partial charge >= 0.3 is 5.97 Å². The molecule has 0 aromatic carbocycles. The zero-order valence-corrected chi connectivity index (χ0v) is 14.4. The molecular formula is C16H23N5O4. The molecular weight excluding hydrogens is 326 g/mol. The molecule has 0 aliphatic carbocycles. The summed E-state index contributed by atoms with van der Waals surface area (Å²) >= 11 is 0. The quantitative estimate of drug-likeness (QED) is 0.594. The van der Waals surface area contributed by atoms with E-state index in [0.717, 1.165) is 6.42 Å². The first kappa shape index (κ1) is 17.6. The lowest BCUT2D eigenvalue weighted by Crippen LogP contribution is -2.35. The van der Waals surface area contributed by atoms with Crippen molar-refractivity contribution in [3.63, 3.8) is 0 Å². The minimum atomic E-state index is -0.514. The van der Waals surface area contributed by atoms with E-state index in [4.69, 9.17) is 4.74 Å². The maximum absolute atomic E-state index is 12.2. The maximum atomic E-state index is 12.2. The van der Waals surface area contributed by atoms with Crippen molar-refractivity contribution >= 4 is 11.6 Å². The van der Waals surface area contributed by atoms with Crippen molar-refractivity contribution in [2.45, 2.75) is 32.0 Å². The number of nitrogens with zero attached hydrogens (tertiary/aromatic N) is 3. The number of hydrogen-bond acceptors (Lipinski definition) is 7. The van der Waals surface area contributed by atoms with Gasteiger partial charge in [0.2, 0.25) is 0 Å². The second-order valence-electron chi connectivity index (χ2n) is 6.27. The number of carbonyl (C=O) groups excluding carboxylic acids is 1. The number of H-pyrrole nitrogens is 1. The fourth-order valence-electron chi connectivity index (χ4n) is 3.13. The van der Waals surface area contributed by atoms with Crippen molar-refractivity contribution < 1.29 is 14.6 Å². The second-order valence-corrected chi connectivity index (χ2v) is 6.27. The van der Waals surface area contributed by atoms with Crippen molar-refractivity contribution in [2.75, 3.05) is 26.7 Å². The predicted molar refractivity (Wildman–Crippen MR) is 90.5 cm³/mol. The van der Waals surface area contributed by atoms with Gasteiger partial charge in [-0.2, -0.15) is 0 Å². The first-order valence-electron chi connectivity index (χ1n) is 8.35. The van der Waals surface area contributed by atoms with Crippen LogP contribution in [0, 0.1) is 0 Å². The van der Waals surface area contributed by atoms with Crippen LogP contribution >= 0.6 is 0 Å². The lowest BCUT2D eigenvalue weighted by molar-refractivity contribution is 0.0528. The normalized spacial score (nSPS) is 21.1. The SMILES string of the molecule is CCOC(=O)c1c[nH]n2c(=O)cc(CNCC3CC(O)CN3C)nc12. The summed E-state index contributed by atoms with van der Waals surface area (Å²) in [4.78, 5) is 30.6. The van der Waals surface area contributed by atoms with Crippen molar-refractivity contribution in [1.29, 1.82) is 0 Å². The molecule has 25 heavy (non-hydrogen) atoms. The third kappa shape index (κ3) is 3.73. The van der Waals surface area contributed by atoms with Crippen LogP contribution < -0.4 is 10.9 Å². The summed E-state index contributed by atoms with van der Waals surface area (Å²) in [5.74, 6) is -0.514. The molecule has 2 aromatic rings. The Morgan fingerprint density at radius 1 is 1.56 bits per heavy atom. The molecule has 3 heterocycles. The molecule has 0 bridgehead atoms. The average Bonchev–Trinajstić information content (AvgIpc) is 3.11. The molecule has 9 nitrogen and oxygen atoms in total. The van der Waals surface area contributed by atoms with Crippen LogP contribution in [0.2, 0.25) is 0 Å². The summed E-state index contributed by atoms with van der Waals surface area (Å²) in [7, 11) is 1.98. The molecule has 2 atom stereocenters. The van der Waals surface area contributed by atoms with Gasteiger partial charge in [-0.1, -0.05) is 0 Å². The molecule has 1 aliphatic heterocycles. The Bertz CT molecular complexity index is 814. The molecule has 0 amide bonds. The van der Waals surface area contributed by atoms with E-state index in [2.05, 4.69) is 20.3 Å². The number of aromatic amines is 1. The minimum absolute atomic E-state index is 0.236. The number of hydrogen-bond donors (Lipinski definition) is 3. The highest BCUT2D eigenvalue weighted by Crippen LogP contribution is 2.14. The highest BCUT2D eigenvalue weighted by molar-refractivity contribution is 5.95. The number of aliphatic hydroxyl groups is 1. The van der Waals surface area contributed by atoms with Gasteiger partial charge in [-0.25, -0.2) is 14.3 Å². The summed E-state index contributed by atoms with van der Waals surface area (Å²) in [6, 6.07) is 1.68. The number of fused-ring (bicyclic) bond motifs is 1. The highest BCUT2D eigenvalue weighted by atomic mass is 16.5. The van der Waals surface area contributed by atoms with E-state index in [-0.39, 0.29) is 35.5 Å². The fourth-order valence-corrected chi connectivity index (χ4v) is 3.13. The third-order valence-electron chi connectivity index (χ3n) is 4.40. The van der Waals surface area contributed by atoms with E-state index in [1.807, 2.05) is 7.05 Å². The molecule has 9 heteroatoms. The summed E-state index contributed by atoms with van der Waals surface area (Å²) < 4.78 is 6.20. The number of esters is 1. The van der Waals surface area contributed by atoms with E-state index in [9.17, 15) is 14.7 Å². The number of β-amino-alcohol motifs (C(OH)–C–C–N with tert-alkyl or cyclic N) is 1. The van der Waals surface area contributed by atoms with E-state index in [0.29, 0.717) is 25.3 Å². The summed E-state index contributed by atoms with van der Waals surface area (Å²) in [6.45, 7) is 3.73. The van der Waals surface area contributed by atoms with E-state index in [1.54, 1.807) is 6.92 Å². The second kappa shape index (κ2) is 7.34. The van der Waals surface area contributed by atoms with E-state index < -0.39 is 5.97 Å². The van der Waals surface area contributed by atoms with E-state index in [1.165, 1.54) is 16.8 Å². The lowest BCUT2D eigenvalue weighted by Gasteiger charge is -2.19. The number of nitrogens with one attached hydrogen (secondary N) is 2. The summed E-state index contributed by atoms with van der Waals surface area (Å²) in [6.07, 6.45) is 1.86. The maximum Gasteiger partial charge on any atom is 0.343 e. The highest BCUT2D eigenvalue weighted by Gasteiger charge is 2.27. The first-order chi connectivity index (χ1) is 12.0. The van der Waals surface area contributed by atoms with Gasteiger partial charge in [0.15, 0.2) is 5.65 Å². The van der Waals surface area contributed by atoms with Gasteiger partial charge in [-0.3, -0.25) is 14.8 Å². The Balaban J connectivity index is 1.72. The zero-order chi connectivity index (χ0) is 18.0. The topological polar surface area (TPSA) is 112 Å². The number of aliphatic hydroxyl groups excluding tert-OH is 1. The summed E-state index contributed by atoms with van der Waals surface area (Å²) in [5, 5.41) is 15.7. The van der Waals surface area contributed by atoms with Crippen LogP contribution in [0.3, 0.4) is 0 Å². The number of likely N-dealkylation sites (tertiary alicyclic amines) is 1. The van der Waals surface area contributed by atoms with Gasteiger partial charge in [0, 0.05) is 37.9 Å². The van der Waals surface area contributed by atoms with Crippen LogP contribution in [0.25, 0.3) is 5.65 Å². The number of rotatable bonds is 6. The molecule has 2 aromatic heterocycles. The summed E-state index contributed by atoms with van der Waals surface area (Å²) in [5.41, 5.74) is 0.762. The molecule has 2 unspecified atom stereocenters. The Hall–Kier alpha value is -2.23. The molecule has 3 rings (SSSR count). The van der Waals surface area contributed by atoms with Gasteiger partial charge in [0.05, 0.1) is 18.4 Å². The van der Waals surface area contributed by atoms with Gasteiger partial charge in [0.1, 0.15) is 5.56 Å². The van der Waals surface area contributed by atoms with Gasteiger partial charge < -0.3 is 15.2 Å². The monoisotopic (exact) mass is 349 g/mol. The van der Waals surface area contributed by atoms with Crippen molar-refractivity contribution in [3.05, 3.63) is 33.9 Å². The van der Waals surface area contributed by atoms with Crippen LogP contribution in [-0.4, -0.2) is 69.5 Å². The predicted octanol–water partition coefficient (Wildman–Crippen LogP) is -0.646. The number of carbonyl (C=O) groups is 1. The van der Waals surface area contributed by atoms with E-state index >= 15 is 0 Å². The standard InChI is InChI=1S/C16H23N5O4/c1-3-25-16(24)13-8-18-21-14(23)4-10(19-15(13)21)6-17-7-11-5-12(22)9-20(11)2/h4,8,11-12,17-18,22H,3,5-7,9H2,1-2H3. The molecule has 0 saturated carbocycles. The van der Waals surface area contributed by atoms with Crippen LogP contribution in [0.5, 0.6) is 0 Å². The van der Waals surface area contributed by atoms with Crippen LogP contribution in [0.4, 0.5) is 0 Å². The minimum Gasteiger partial charge on any atom is -0.462 e. The third-order valence-corrected chi connectivity index (χ3v) is 4.40. The molecule has 0 spiro atoms. The van der Waals surface area contributed by atoms with Gasteiger partial charge in [-0.05, 0) is 20.4 Å². The Labute approximate surface area is 144 Å². The molecule has 1 aliphatic rings. The van der Waals surface area contributed by atoms with Crippen molar-refractivity contribution in [1.82, 2.24) is 24.8 Å². The fraction of sp³-hybridized carbons (Fsp3) is 0.562. The Morgan fingerprint density at radius 3 is 3.04 bits per heavy atom. The van der Waals surface area contributed by atoms with Crippen LogP contribution in [-0.2, 0) is 11.3 Å². The molecule has 1 saturated heterocycles. The van der Waals surface area contributed by atoms with Gasteiger partial charge in [-0.15, -0.1) is 0 Å². The number of likely N-dealkylation sites (N-methyl/N-ethyl adjacent to an activating group) is 1. The van der Waals surface area contributed by atoms with Crippen LogP contribution in [0.15, 0.2) is 17.1 Å². The number of aromatic nitrogens is 3. The zero-order valence-electron chi connectivity index (χ0n) is 14.4.